The molecule has 13 heavy (non-hydrogen) atoms. The van der Waals surface area contributed by atoms with Gasteiger partial charge < -0.3 is 11.1 Å². The summed E-state index contributed by atoms with van der Waals surface area (Å²) < 4.78 is 0. The normalized spacial score (nSPS) is 12.8. The lowest BCUT2D eigenvalue weighted by Gasteiger charge is -2.15. The Morgan fingerprint density at radius 2 is 2.31 bits per heavy atom. The van der Waals surface area contributed by atoms with Gasteiger partial charge in [-0.3, -0.25) is 0 Å². The molecule has 3 N–H and O–H groups in total. The van der Waals surface area contributed by atoms with Gasteiger partial charge in [-0.1, -0.05) is 23.7 Å². The number of benzene rings is 1. The first-order chi connectivity index (χ1) is 6.27. The Bertz CT molecular complexity index is 263. The van der Waals surface area contributed by atoms with Crippen LogP contribution in [0.25, 0.3) is 0 Å². The van der Waals surface area contributed by atoms with E-state index in [0.29, 0.717) is 12.6 Å². The molecule has 0 aliphatic heterocycles. The molecule has 1 aromatic carbocycles. The van der Waals surface area contributed by atoms with Crippen LogP contribution in [0.4, 0.5) is 0 Å². The number of hydrogen-bond acceptors (Lipinski definition) is 2. The van der Waals surface area contributed by atoms with E-state index in [0.717, 1.165) is 11.4 Å². The van der Waals surface area contributed by atoms with Crippen LogP contribution in [0.15, 0.2) is 24.3 Å². The summed E-state index contributed by atoms with van der Waals surface area (Å²) >= 11 is 5.89. The van der Waals surface area contributed by atoms with Crippen LogP contribution in [0.3, 0.4) is 0 Å². The van der Waals surface area contributed by atoms with Crippen molar-refractivity contribution in [1.29, 1.82) is 0 Å². The Labute approximate surface area is 84.1 Å². The smallest absolute Gasteiger partial charge is 0.0409 e. The van der Waals surface area contributed by atoms with Gasteiger partial charge in [0.2, 0.25) is 0 Å². The second kappa shape index (κ2) is 5.22. The van der Waals surface area contributed by atoms with Gasteiger partial charge in [0, 0.05) is 11.1 Å². The van der Waals surface area contributed by atoms with Gasteiger partial charge in [0.1, 0.15) is 0 Å². The minimum absolute atomic E-state index is 0.309. The van der Waals surface area contributed by atoms with E-state index in [9.17, 15) is 0 Å². The van der Waals surface area contributed by atoms with Crippen LogP contribution >= 0.6 is 11.6 Å². The van der Waals surface area contributed by atoms with E-state index in [2.05, 4.69) is 11.4 Å². The molecule has 0 aliphatic carbocycles. The molecular formula is C10H15ClN2. The van der Waals surface area contributed by atoms with Crippen molar-refractivity contribution in [3.8, 4) is 0 Å². The molecule has 72 valence electrons. The zero-order chi connectivity index (χ0) is 9.68. The van der Waals surface area contributed by atoms with Gasteiger partial charge >= 0.3 is 0 Å². The molecule has 1 aromatic rings. The molecule has 2 nitrogen and oxygen atoms in total. The summed E-state index contributed by atoms with van der Waals surface area (Å²) in [6.07, 6.45) is 0.927. The number of hydrogen-bond donors (Lipinski definition) is 2. The van der Waals surface area contributed by atoms with Crippen molar-refractivity contribution in [2.24, 2.45) is 5.73 Å². The Morgan fingerprint density at radius 1 is 1.54 bits per heavy atom. The standard InChI is InChI=1S/C10H15ClN2/c1-13-10(5-6-12)8-3-2-4-9(11)7-8/h2-4,7,10,13H,5-6,12H2,1H3. The molecule has 0 heterocycles. The average Bonchev–Trinajstić information content (AvgIpc) is 2.14. The van der Waals surface area contributed by atoms with E-state index in [1.807, 2.05) is 25.2 Å². The molecule has 1 unspecified atom stereocenters. The van der Waals surface area contributed by atoms with E-state index >= 15 is 0 Å². The van der Waals surface area contributed by atoms with Crippen molar-refractivity contribution in [2.75, 3.05) is 13.6 Å². The molecule has 0 amide bonds. The van der Waals surface area contributed by atoms with E-state index in [4.69, 9.17) is 17.3 Å². The fraction of sp³-hybridized carbons (Fsp3) is 0.400. The maximum atomic E-state index is 5.89. The third kappa shape index (κ3) is 2.99. The van der Waals surface area contributed by atoms with Gasteiger partial charge in [-0.2, -0.15) is 0 Å². The summed E-state index contributed by atoms with van der Waals surface area (Å²) in [4.78, 5) is 0. The Balaban J connectivity index is 2.78. The summed E-state index contributed by atoms with van der Waals surface area (Å²) in [5, 5.41) is 3.98. The first kappa shape index (κ1) is 10.5. The van der Waals surface area contributed by atoms with E-state index in [1.54, 1.807) is 0 Å². The van der Waals surface area contributed by atoms with Crippen LogP contribution in [-0.4, -0.2) is 13.6 Å². The van der Waals surface area contributed by atoms with Crippen molar-refractivity contribution in [2.45, 2.75) is 12.5 Å². The first-order valence-electron chi connectivity index (χ1n) is 4.40. The van der Waals surface area contributed by atoms with Crippen molar-refractivity contribution in [3.05, 3.63) is 34.9 Å². The molecule has 0 radical (unpaired) electrons. The Morgan fingerprint density at radius 3 is 2.85 bits per heavy atom. The zero-order valence-electron chi connectivity index (χ0n) is 7.76. The van der Waals surface area contributed by atoms with Gasteiger partial charge in [-0.15, -0.1) is 0 Å². The van der Waals surface area contributed by atoms with E-state index in [-0.39, 0.29) is 0 Å². The summed E-state index contributed by atoms with van der Waals surface area (Å²) in [5.74, 6) is 0. The molecule has 0 saturated carbocycles. The summed E-state index contributed by atoms with van der Waals surface area (Å²) in [6.45, 7) is 0.679. The Kier molecular flexibility index (Phi) is 4.22. The number of nitrogens with two attached hydrogens (primary N) is 1. The summed E-state index contributed by atoms with van der Waals surface area (Å²) in [5.41, 5.74) is 6.70. The lowest BCUT2D eigenvalue weighted by Crippen LogP contribution is -2.19. The molecule has 3 heteroatoms. The number of rotatable bonds is 4. The Hall–Kier alpha value is -0.570. The van der Waals surface area contributed by atoms with E-state index in [1.165, 1.54) is 5.56 Å². The highest BCUT2D eigenvalue weighted by atomic mass is 35.5. The minimum atomic E-state index is 0.309. The zero-order valence-corrected chi connectivity index (χ0v) is 8.51. The topological polar surface area (TPSA) is 38.0 Å². The van der Waals surface area contributed by atoms with Crippen LogP contribution in [0.1, 0.15) is 18.0 Å². The third-order valence-electron chi connectivity index (χ3n) is 2.05. The van der Waals surface area contributed by atoms with Crippen LogP contribution in [0, 0.1) is 0 Å². The molecule has 0 saturated heterocycles. The number of halogens is 1. The first-order valence-corrected chi connectivity index (χ1v) is 4.78. The molecule has 0 bridgehead atoms. The van der Waals surface area contributed by atoms with Gasteiger partial charge in [0.25, 0.3) is 0 Å². The average molecular weight is 199 g/mol. The largest absolute Gasteiger partial charge is 0.330 e. The molecule has 1 rings (SSSR count). The van der Waals surface area contributed by atoms with Gasteiger partial charge in [0.05, 0.1) is 0 Å². The van der Waals surface area contributed by atoms with Crippen molar-refractivity contribution < 1.29 is 0 Å². The fourth-order valence-corrected chi connectivity index (χ4v) is 1.57. The molecule has 1 atom stereocenters. The highest BCUT2D eigenvalue weighted by molar-refractivity contribution is 6.30. The SMILES string of the molecule is CNC(CCN)c1cccc(Cl)c1. The van der Waals surface area contributed by atoms with Crippen LogP contribution in [0.2, 0.25) is 5.02 Å². The second-order valence-electron chi connectivity index (χ2n) is 2.97. The lowest BCUT2D eigenvalue weighted by atomic mass is 10.0. The lowest BCUT2D eigenvalue weighted by molar-refractivity contribution is 0.556. The molecule has 0 fully saturated rings. The van der Waals surface area contributed by atoms with Crippen molar-refractivity contribution >= 4 is 11.6 Å². The maximum Gasteiger partial charge on any atom is 0.0409 e. The van der Waals surface area contributed by atoms with Crippen molar-refractivity contribution in [3.63, 3.8) is 0 Å². The molecule has 0 spiro atoms. The van der Waals surface area contributed by atoms with Crippen molar-refractivity contribution in [1.82, 2.24) is 5.32 Å². The highest BCUT2D eigenvalue weighted by Crippen LogP contribution is 2.19. The second-order valence-corrected chi connectivity index (χ2v) is 3.41. The van der Waals surface area contributed by atoms with Gasteiger partial charge in [-0.25, -0.2) is 0 Å². The minimum Gasteiger partial charge on any atom is -0.330 e. The quantitative estimate of drug-likeness (QED) is 0.776. The van der Waals surface area contributed by atoms with E-state index < -0.39 is 0 Å². The summed E-state index contributed by atoms with van der Waals surface area (Å²) in [6, 6.07) is 8.17. The highest BCUT2D eigenvalue weighted by Gasteiger charge is 2.07. The molecular weight excluding hydrogens is 184 g/mol. The maximum absolute atomic E-state index is 5.89. The van der Waals surface area contributed by atoms with Crippen LogP contribution < -0.4 is 11.1 Å². The number of nitrogens with one attached hydrogen (secondary N) is 1. The van der Waals surface area contributed by atoms with Gasteiger partial charge in [0.15, 0.2) is 0 Å². The summed E-state index contributed by atoms with van der Waals surface area (Å²) in [7, 11) is 1.93. The monoisotopic (exact) mass is 198 g/mol. The molecule has 0 aromatic heterocycles. The predicted octanol–water partition coefficient (Wildman–Crippen LogP) is 1.95. The third-order valence-corrected chi connectivity index (χ3v) is 2.29. The van der Waals surface area contributed by atoms with Crippen LogP contribution in [-0.2, 0) is 0 Å². The van der Waals surface area contributed by atoms with Crippen LogP contribution in [0.5, 0.6) is 0 Å². The predicted molar refractivity (Wildman–Crippen MR) is 56.9 cm³/mol. The molecule has 0 aliphatic rings. The fourth-order valence-electron chi connectivity index (χ4n) is 1.37. The van der Waals surface area contributed by atoms with Gasteiger partial charge in [-0.05, 0) is 37.7 Å².